The molecular formula is C23H28N2O3. The van der Waals surface area contributed by atoms with E-state index in [1.165, 1.54) is 18.2 Å². The fourth-order valence-corrected chi connectivity index (χ4v) is 3.83. The number of amides is 1. The van der Waals surface area contributed by atoms with Crippen molar-refractivity contribution >= 4 is 23.3 Å². The minimum absolute atomic E-state index is 0.00422. The first-order valence-corrected chi connectivity index (χ1v) is 9.49. The highest BCUT2D eigenvalue weighted by Gasteiger charge is 2.38. The zero-order chi connectivity index (χ0) is 20.7. The van der Waals surface area contributed by atoms with Crippen molar-refractivity contribution in [2.24, 2.45) is 0 Å². The molecule has 1 aliphatic carbocycles. The molecule has 0 heterocycles. The van der Waals surface area contributed by atoms with E-state index in [9.17, 15) is 9.59 Å². The molecule has 2 aromatic carbocycles. The van der Waals surface area contributed by atoms with Gasteiger partial charge in [-0.2, -0.15) is 0 Å². The van der Waals surface area contributed by atoms with Crippen LogP contribution in [0.2, 0.25) is 0 Å². The summed E-state index contributed by atoms with van der Waals surface area (Å²) in [6.45, 7) is 8.88. The lowest BCUT2D eigenvalue weighted by atomic mass is 9.63. The molecule has 0 fully saturated rings. The number of nitrogens with one attached hydrogen (secondary N) is 1. The van der Waals surface area contributed by atoms with Crippen LogP contribution in [-0.4, -0.2) is 19.0 Å². The lowest BCUT2D eigenvalue weighted by Gasteiger charge is -2.42. The van der Waals surface area contributed by atoms with Crippen LogP contribution >= 0.6 is 0 Å². The Morgan fingerprint density at radius 1 is 0.964 bits per heavy atom. The van der Waals surface area contributed by atoms with Gasteiger partial charge in [0.15, 0.2) is 0 Å². The summed E-state index contributed by atoms with van der Waals surface area (Å²) in [4.78, 5) is 24.4. The first-order valence-electron chi connectivity index (χ1n) is 9.49. The standard InChI is InChI=1S/C23H28N2O3/c1-22(2)10-11-23(3,4)18-13-19(24)16(12-17(18)22)20(26)25-15-8-6-14(7-9-15)21(27)28-5/h6-9,12-13H,10-11,24H2,1-5H3,(H,25,26). The van der Waals surface area contributed by atoms with Gasteiger partial charge in [0.1, 0.15) is 0 Å². The van der Waals surface area contributed by atoms with Crippen molar-refractivity contribution in [3.05, 3.63) is 58.7 Å². The van der Waals surface area contributed by atoms with Crippen molar-refractivity contribution < 1.29 is 14.3 Å². The smallest absolute Gasteiger partial charge is 0.337 e. The lowest BCUT2D eigenvalue weighted by Crippen LogP contribution is -2.34. The number of carbonyl (C=O) groups is 2. The predicted octanol–water partition coefficient (Wildman–Crippen LogP) is 4.66. The second kappa shape index (κ2) is 6.97. The molecule has 1 aliphatic rings. The van der Waals surface area contributed by atoms with Crippen LogP contribution in [0.5, 0.6) is 0 Å². The monoisotopic (exact) mass is 380 g/mol. The second-order valence-corrected chi connectivity index (χ2v) is 8.78. The first-order chi connectivity index (χ1) is 13.0. The molecule has 0 aliphatic heterocycles. The van der Waals surface area contributed by atoms with Gasteiger partial charge >= 0.3 is 5.97 Å². The maximum Gasteiger partial charge on any atom is 0.337 e. The number of fused-ring (bicyclic) bond motifs is 1. The van der Waals surface area contributed by atoms with E-state index < -0.39 is 5.97 Å². The maximum atomic E-state index is 12.9. The van der Waals surface area contributed by atoms with Gasteiger partial charge in [0.25, 0.3) is 5.91 Å². The van der Waals surface area contributed by atoms with Gasteiger partial charge in [0.2, 0.25) is 0 Å². The molecule has 0 atom stereocenters. The van der Waals surface area contributed by atoms with Crippen molar-refractivity contribution in [3.8, 4) is 0 Å². The van der Waals surface area contributed by atoms with Crippen LogP contribution in [0.4, 0.5) is 11.4 Å². The minimum atomic E-state index is -0.415. The summed E-state index contributed by atoms with van der Waals surface area (Å²) in [7, 11) is 1.33. The molecule has 0 aromatic heterocycles. The first kappa shape index (κ1) is 19.9. The van der Waals surface area contributed by atoms with Crippen molar-refractivity contribution in [2.45, 2.75) is 51.4 Å². The number of hydrogen-bond donors (Lipinski definition) is 2. The molecule has 5 heteroatoms. The number of methoxy groups -OCH3 is 1. The Morgan fingerprint density at radius 2 is 1.50 bits per heavy atom. The number of anilines is 2. The number of nitrogen functional groups attached to an aromatic ring is 1. The fourth-order valence-electron chi connectivity index (χ4n) is 3.83. The summed E-state index contributed by atoms with van der Waals surface area (Å²) in [6, 6.07) is 10.5. The Hall–Kier alpha value is -2.82. The van der Waals surface area contributed by atoms with Gasteiger partial charge in [-0.25, -0.2) is 4.79 Å². The van der Waals surface area contributed by atoms with Crippen LogP contribution in [0.3, 0.4) is 0 Å². The molecule has 0 saturated heterocycles. The number of hydrogen-bond acceptors (Lipinski definition) is 4. The summed E-state index contributed by atoms with van der Waals surface area (Å²) in [5, 5.41) is 2.87. The SMILES string of the molecule is COC(=O)c1ccc(NC(=O)c2cc3c(cc2N)C(C)(C)CCC3(C)C)cc1. The van der Waals surface area contributed by atoms with E-state index in [1.54, 1.807) is 24.3 Å². The van der Waals surface area contributed by atoms with E-state index in [1.807, 2.05) is 12.1 Å². The van der Waals surface area contributed by atoms with Gasteiger partial charge in [-0.3, -0.25) is 4.79 Å². The number of rotatable bonds is 3. The van der Waals surface area contributed by atoms with Gasteiger partial charge in [-0.1, -0.05) is 27.7 Å². The molecule has 28 heavy (non-hydrogen) atoms. The van der Waals surface area contributed by atoms with E-state index >= 15 is 0 Å². The molecule has 0 saturated carbocycles. The Bertz CT molecular complexity index is 928. The number of esters is 1. The third kappa shape index (κ3) is 3.61. The van der Waals surface area contributed by atoms with Crippen molar-refractivity contribution in [1.29, 1.82) is 0 Å². The van der Waals surface area contributed by atoms with Crippen molar-refractivity contribution in [1.82, 2.24) is 0 Å². The highest BCUT2D eigenvalue weighted by molar-refractivity contribution is 6.08. The Labute approximate surface area is 166 Å². The Kier molecular flexibility index (Phi) is 4.96. The molecule has 0 spiro atoms. The number of ether oxygens (including phenoxy) is 1. The molecule has 0 unspecified atom stereocenters. The highest BCUT2D eigenvalue weighted by atomic mass is 16.5. The van der Waals surface area contributed by atoms with Gasteiger partial charge < -0.3 is 15.8 Å². The van der Waals surface area contributed by atoms with E-state index in [-0.39, 0.29) is 16.7 Å². The largest absolute Gasteiger partial charge is 0.465 e. The van der Waals surface area contributed by atoms with Gasteiger partial charge in [-0.15, -0.1) is 0 Å². The summed E-state index contributed by atoms with van der Waals surface area (Å²) >= 11 is 0. The van der Waals surface area contributed by atoms with Crippen LogP contribution in [0.25, 0.3) is 0 Å². The average Bonchev–Trinajstić information content (AvgIpc) is 2.65. The van der Waals surface area contributed by atoms with Crippen LogP contribution < -0.4 is 11.1 Å². The van der Waals surface area contributed by atoms with Crippen LogP contribution in [0, 0.1) is 0 Å². The molecule has 3 rings (SSSR count). The molecular weight excluding hydrogens is 352 g/mol. The third-order valence-electron chi connectivity index (χ3n) is 5.83. The molecule has 2 aromatic rings. The summed E-state index contributed by atoms with van der Waals surface area (Å²) < 4.78 is 4.69. The minimum Gasteiger partial charge on any atom is -0.465 e. The van der Waals surface area contributed by atoms with Crippen LogP contribution in [0.15, 0.2) is 36.4 Å². The van der Waals surface area contributed by atoms with Gasteiger partial charge in [0.05, 0.1) is 18.2 Å². The van der Waals surface area contributed by atoms with Crippen molar-refractivity contribution in [3.63, 3.8) is 0 Å². The van der Waals surface area contributed by atoms with E-state index in [0.29, 0.717) is 22.5 Å². The molecule has 3 N–H and O–H groups in total. The van der Waals surface area contributed by atoms with Crippen LogP contribution in [-0.2, 0) is 15.6 Å². The topological polar surface area (TPSA) is 81.4 Å². The van der Waals surface area contributed by atoms with Gasteiger partial charge in [0, 0.05) is 11.4 Å². The quantitative estimate of drug-likeness (QED) is 0.599. The van der Waals surface area contributed by atoms with Gasteiger partial charge in [-0.05, 0) is 71.2 Å². The number of nitrogens with two attached hydrogens (primary N) is 1. The zero-order valence-electron chi connectivity index (χ0n) is 17.2. The summed E-state index contributed by atoms with van der Waals surface area (Å²) in [6.07, 6.45) is 2.15. The van der Waals surface area contributed by atoms with Crippen LogP contribution in [0.1, 0.15) is 72.4 Å². The molecule has 5 nitrogen and oxygen atoms in total. The Morgan fingerprint density at radius 3 is 2.04 bits per heavy atom. The third-order valence-corrected chi connectivity index (χ3v) is 5.83. The fraction of sp³-hybridized carbons (Fsp3) is 0.391. The number of carbonyl (C=O) groups excluding carboxylic acids is 2. The molecule has 148 valence electrons. The second-order valence-electron chi connectivity index (χ2n) is 8.78. The maximum absolute atomic E-state index is 12.9. The highest BCUT2D eigenvalue weighted by Crippen LogP contribution is 2.47. The van der Waals surface area contributed by atoms with Crippen molar-refractivity contribution in [2.75, 3.05) is 18.2 Å². The Balaban J connectivity index is 1.91. The molecule has 1 amide bonds. The zero-order valence-corrected chi connectivity index (χ0v) is 17.2. The predicted molar refractivity (Wildman–Crippen MR) is 112 cm³/mol. The summed E-state index contributed by atoms with van der Waals surface area (Å²) in [5.74, 6) is -0.674. The summed E-state index contributed by atoms with van der Waals surface area (Å²) in [5.41, 5.74) is 10.7. The number of benzene rings is 2. The lowest BCUT2D eigenvalue weighted by molar-refractivity contribution is 0.0600. The van der Waals surface area contributed by atoms with E-state index in [4.69, 9.17) is 5.73 Å². The van der Waals surface area contributed by atoms with E-state index in [0.717, 1.165) is 12.8 Å². The molecule has 0 bridgehead atoms. The normalized spacial score (nSPS) is 16.8. The average molecular weight is 380 g/mol. The molecule has 0 radical (unpaired) electrons. The van der Waals surface area contributed by atoms with E-state index in [2.05, 4.69) is 37.7 Å².